The molecule has 0 aromatic heterocycles. The number of nitrogens with zero attached hydrogens (tertiary/aromatic N) is 2. The lowest BCUT2D eigenvalue weighted by molar-refractivity contribution is -0.141. The first-order chi connectivity index (χ1) is 10.8. The summed E-state index contributed by atoms with van der Waals surface area (Å²) in [5.41, 5.74) is 0.0190. The highest BCUT2D eigenvalue weighted by Crippen LogP contribution is 2.30. The first-order valence-electron chi connectivity index (χ1n) is 8.61. The molecular weight excluding hydrogens is 310 g/mol. The topological polar surface area (TPSA) is 52.7 Å². The van der Waals surface area contributed by atoms with Crippen molar-refractivity contribution in [1.29, 1.82) is 0 Å². The lowest BCUT2D eigenvalue weighted by Crippen LogP contribution is -2.51. The summed E-state index contributed by atoms with van der Waals surface area (Å²) in [5, 5.41) is 3.07. The van der Waals surface area contributed by atoms with Gasteiger partial charge in [-0.25, -0.2) is 0 Å². The Hall–Kier alpha value is -0.750. The Balaban J connectivity index is 1.88. The number of amides is 2. The van der Waals surface area contributed by atoms with Crippen LogP contribution in [0.5, 0.6) is 0 Å². The molecule has 2 fully saturated rings. The van der Waals surface area contributed by atoms with E-state index in [-0.39, 0.29) is 29.2 Å². The minimum Gasteiger partial charge on any atom is -0.354 e. The third-order valence-electron chi connectivity index (χ3n) is 4.66. The van der Waals surface area contributed by atoms with E-state index in [2.05, 4.69) is 24.1 Å². The molecule has 6 heteroatoms. The lowest BCUT2D eigenvalue weighted by Gasteiger charge is -2.30. The van der Waals surface area contributed by atoms with Gasteiger partial charge in [-0.3, -0.25) is 9.59 Å². The third kappa shape index (κ3) is 5.11. The molecule has 0 aromatic rings. The summed E-state index contributed by atoms with van der Waals surface area (Å²) in [4.78, 5) is 29.2. The van der Waals surface area contributed by atoms with Crippen molar-refractivity contribution in [2.24, 2.45) is 11.3 Å². The summed E-state index contributed by atoms with van der Waals surface area (Å²) in [5.74, 6) is 1.73. The molecule has 0 radical (unpaired) electrons. The predicted octanol–water partition coefficient (Wildman–Crippen LogP) is 1.78. The Morgan fingerprint density at radius 2 is 1.91 bits per heavy atom. The zero-order valence-electron chi connectivity index (χ0n) is 14.9. The first-order valence-corrected chi connectivity index (χ1v) is 9.76. The van der Waals surface area contributed by atoms with Gasteiger partial charge in [-0.1, -0.05) is 26.7 Å². The molecule has 1 saturated carbocycles. The van der Waals surface area contributed by atoms with Gasteiger partial charge in [0.15, 0.2) is 0 Å². The fraction of sp³-hybridized carbons (Fsp3) is 0.882. The van der Waals surface area contributed by atoms with Crippen LogP contribution in [-0.4, -0.2) is 66.5 Å². The predicted molar refractivity (Wildman–Crippen MR) is 95.3 cm³/mol. The molecule has 1 aliphatic heterocycles. The van der Waals surface area contributed by atoms with Crippen LogP contribution < -0.4 is 5.32 Å². The van der Waals surface area contributed by atoms with E-state index in [1.807, 2.05) is 19.0 Å². The molecule has 1 heterocycles. The van der Waals surface area contributed by atoms with Crippen molar-refractivity contribution >= 4 is 23.6 Å². The molecule has 5 nitrogen and oxygen atoms in total. The molecule has 1 aliphatic carbocycles. The highest BCUT2D eigenvalue weighted by molar-refractivity contribution is 7.99. The van der Waals surface area contributed by atoms with E-state index in [1.54, 1.807) is 11.8 Å². The van der Waals surface area contributed by atoms with E-state index in [1.165, 1.54) is 0 Å². The molecule has 2 amide bonds. The van der Waals surface area contributed by atoms with Crippen molar-refractivity contribution in [2.75, 3.05) is 38.8 Å². The second kappa shape index (κ2) is 7.88. The highest BCUT2D eigenvalue weighted by atomic mass is 32.2. The van der Waals surface area contributed by atoms with Gasteiger partial charge in [0.1, 0.15) is 6.04 Å². The van der Waals surface area contributed by atoms with Gasteiger partial charge >= 0.3 is 0 Å². The summed E-state index contributed by atoms with van der Waals surface area (Å²) in [6, 6.07) is -0.289. The molecule has 132 valence electrons. The SMILES string of the molecule is CN(C)CC(C)(C)CNC(=O)[C@@H]1CSCN1C(=O)C1CCCC1. The van der Waals surface area contributed by atoms with Gasteiger partial charge in [-0.05, 0) is 32.4 Å². The Morgan fingerprint density at radius 3 is 2.52 bits per heavy atom. The molecule has 23 heavy (non-hydrogen) atoms. The van der Waals surface area contributed by atoms with Crippen LogP contribution in [0.25, 0.3) is 0 Å². The van der Waals surface area contributed by atoms with E-state index >= 15 is 0 Å². The van der Waals surface area contributed by atoms with Gasteiger partial charge in [-0.2, -0.15) is 0 Å². The molecule has 0 bridgehead atoms. The first kappa shape index (κ1) is 18.6. The number of hydrogen-bond donors (Lipinski definition) is 1. The fourth-order valence-electron chi connectivity index (χ4n) is 3.64. The molecule has 1 atom stereocenters. The van der Waals surface area contributed by atoms with Gasteiger partial charge in [0.2, 0.25) is 11.8 Å². The molecule has 0 unspecified atom stereocenters. The zero-order valence-corrected chi connectivity index (χ0v) is 15.7. The van der Waals surface area contributed by atoms with Crippen LogP contribution in [0.2, 0.25) is 0 Å². The van der Waals surface area contributed by atoms with Crippen molar-refractivity contribution in [3.05, 3.63) is 0 Å². The Bertz CT molecular complexity index is 434. The quantitative estimate of drug-likeness (QED) is 0.800. The number of thioether (sulfide) groups is 1. The standard InChI is InChI=1S/C17H31N3O2S/c1-17(2,11-19(3)4)10-18-15(21)14-9-23-12-20(14)16(22)13-7-5-6-8-13/h13-14H,5-12H2,1-4H3,(H,18,21)/t14-/m0/s1. The molecule has 0 aromatic carbocycles. The number of hydrogen-bond acceptors (Lipinski definition) is 4. The van der Waals surface area contributed by atoms with Crippen LogP contribution >= 0.6 is 11.8 Å². The average Bonchev–Trinajstić information content (AvgIpc) is 3.13. The largest absolute Gasteiger partial charge is 0.354 e. The summed E-state index contributed by atoms with van der Waals surface area (Å²) in [6.07, 6.45) is 4.27. The van der Waals surface area contributed by atoms with E-state index in [4.69, 9.17) is 0 Å². The Labute approximate surface area is 144 Å². The van der Waals surface area contributed by atoms with Crippen molar-refractivity contribution in [3.8, 4) is 0 Å². The summed E-state index contributed by atoms with van der Waals surface area (Å²) >= 11 is 1.69. The minimum atomic E-state index is -0.289. The maximum absolute atomic E-state index is 12.6. The van der Waals surface area contributed by atoms with E-state index in [0.29, 0.717) is 12.4 Å². The number of rotatable bonds is 6. The van der Waals surface area contributed by atoms with Crippen LogP contribution in [-0.2, 0) is 9.59 Å². The molecule has 1 saturated heterocycles. The monoisotopic (exact) mass is 341 g/mol. The zero-order chi connectivity index (χ0) is 17.0. The van der Waals surface area contributed by atoms with Gasteiger partial charge in [0, 0.05) is 24.8 Å². The van der Waals surface area contributed by atoms with Crippen LogP contribution in [0, 0.1) is 11.3 Å². The van der Waals surface area contributed by atoms with Crippen LogP contribution in [0.3, 0.4) is 0 Å². The number of carbonyl (C=O) groups is 2. The second-order valence-electron chi connectivity index (χ2n) is 7.92. The van der Waals surface area contributed by atoms with Gasteiger partial charge in [-0.15, -0.1) is 11.8 Å². The van der Waals surface area contributed by atoms with Crippen molar-refractivity contribution < 1.29 is 9.59 Å². The molecule has 0 spiro atoms. The van der Waals surface area contributed by atoms with Gasteiger partial charge < -0.3 is 15.1 Å². The maximum atomic E-state index is 12.6. The van der Waals surface area contributed by atoms with Crippen molar-refractivity contribution in [3.63, 3.8) is 0 Å². The smallest absolute Gasteiger partial charge is 0.243 e. The Kier molecular flexibility index (Phi) is 6.37. The van der Waals surface area contributed by atoms with Crippen molar-refractivity contribution in [1.82, 2.24) is 15.1 Å². The second-order valence-corrected chi connectivity index (χ2v) is 8.92. The number of nitrogens with one attached hydrogen (secondary N) is 1. The van der Waals surface area contributed by atoms with Gasteiger partial charge in [0.25, 0.3) is 0 Å². The molecule has 1 N–H and O–H groups in total. The average molecular weight is 342 g/mol. The maximum Gasteiger partial charge on any atom is 0.243 e. The molecule has 2 rings (SSSR count). The van der Waals surface area contributed by atoms with E-state index in [9.17, 15) is 9.59 Å². The lowest BCUT2D eigenvalue weighted by atomic mass is 9.93. The van der Waals surface area contributed by atoms with Crippen molar-refractivity contribution in [2.45, 2.75) is 45.6 Å². The fourth-order valence-corrected chi connectivity index (χ4v) is 4.80. The van der Waals surface area contributed by atoms with E-state index in [0.717, 1.165) is 38.0 Å². The van der Waals surface area contributed by atoms with Crippen LogP contribution in [0.4, 0.5) is 0 Å². The molecular formula is C17H31N3O2S. The summed E-state index contributed by atoms with van der Waals surface area (Å²) in [6.45, 7) is 5.85. The minimum absolute atomic E-state index is 0.00757. The summed E-state index contributed by atoms with van der Waals surface area (Å²) in [7, 11) is 4.08. The van der Waals surface area contributed by atoms with E-state index < -0.39 is 0 Å². The van der Waals surface area contributed by atoms with Crippen LogP contribution in [0.1, 0.15) is 39.5 Å². The van der Waals surface area contributed by atoms with Crippen LogP contribution in [0.15, 0.2) is 0 Å². The number of carbonyl (C=O) groups excluding carboxylic acids is 2. The normalized spacial score (nSPS) is 22.8. The van der Waals surface area contributed by atoms with Gasteiger partial charge in [0.05, 0.1) is 5.88 Å². The third-order valence-corrected chi connectivity index (χ3v) is 5.67. The molecule has 2 aliphatic rings. The Morgan fingerprint density at radius 1 is 1.26 bits per heavy atom. The highest BCUT2D eigenvalue weighted by Gasteiger charge is 2.38. The summed E-state index contributed by atoms with van der Waals surface area (Å²) < 4.78 is 0.